The average Bonchev–Trinajstić information content (AvgIpc) is 2.89. The standard InChI is InChI=1S/C11H12N4O3/c1-2-5-12-11-13-7-8(15(16)17)10(14-11)9-4-3-6-18-9/h3-4,6-7H,2,5H2,1H3,(H,12,13,14). The molecule has 0 aliphatic rings. The monoisotopic (exact) mass is 248 g/mol. The third kappa shape index (κ3) is 2.45. The average molecular weight is 248 g/mol. The van der Waals surface area contributed by atoms with Crippen molar-refractivity contribution in [1.29, 1.82) is 0 Å². The quantitative estimate of drug-likeness (QED) is 0.645. The summed E-state index contributed by atoms with van der Waals surface area (Å²) in [6, 6.07) is 3.28. The Morgan fingerprint density at radius 1 is 1.56 bits per heavy atom. The number of nitrogens with zero attached hydrogens (tertiary/aromatic N) is 3. The van der Waals surface area contributed by atoms with E-state index in [-0.39, 0.29) is 11.4 Å². The predicted molar refractivity (Wildman–Crippen MR) is 65.2 cm³/mol. The van der Waals surface area contributed by atoms with Crippen LogP contribution in [0.5, 0.6) is 0 Å². The molecule has 7 heteroatoms. The minimum Gasteiger partial charge on any atom is -0.462 e. The van der Waals surface area contributed by atoms with E-state index in [1.807, 2.05) is 6.92 Å². The highest BCUT2D eigenvalue weighted by atomic mass is 16.6. The molecular formula is C11H12N4O3. The van der Waals surface area contributed by atoms with Gasteiger partial charge in [0.2, 0.25) is 5.95 Å². The summed E-state index contributed by atoms with van der Waals surface area (Å²) in [7, 11) is 0. The van der Waals surface area contributed by atoms with E-state index in [1.54, 1.807) is 12.1 Å². The van der Waals surface area contributed by atoms with Gasteiger partial charge in [0, 0.05) is 6.54 Å². The molecule has 2 aromatic heterocycles. The summed E-state index contributed by atoms with van der Waals surface area (Å²) in [5, 5.41) is 13.9. The number of hydrogen-bond donors (Lipinski definition) is 1. The van der Waals surface area contributed by atoms with Gasteiger partial charge in [-0.1, -0.05) is 6.92 Å². The molecule has 18 heavy (non-hydrogen) atoms. The summed E-state index contributed by atoms with van der Waals surface area (Å²) in [6.45, 7) is 2.71. The number of nitrogens with one attached hydrogen (secondary N) is 1. The first-order valence-electron chi connectivity index (χ1n) is 5.51. The van der Waals surface area contributed by atoms with Crippen LogP contribution in [0.4, 0.5) is 11.6 Å². The van der Waals surface area contributed by atoms with Crippen molar-refractivity contribution < 1.29 is 9.34 Å². The van der Waals surface area contributed by atoms with Crippen molar-refractivity contribution in [2.24, 2.45) is 0 Å². The van der Waals surface area contributed by atoms with Gasteiger partial charge < -0.3 is 9.73 Å². The minimum absolute atomic E-state index is 0.174. The molecule has 0 radical (unpaired) electrons. The maximum atomic E-state index is 10.9. The van der Waals surface area contributed by atoms with Crippen LogP contribution in [-0.2, 0) is 0 Å². The number of rotatable bonds is 5. The molecule has 2 rings (SSSR count). The third-order valence-electron chi connectivity index (χ3n) is 2.25. The van der Waals surface area contributed by atoms with Gasteiger partial charge >= 0.3 is 5.69 Å². The van der Waals surface area contributed by atoms with Crippen molar-refractivity contribution in [3.05, 3.63) is 34.7 Å². The van der Waals surface area contributed by atoms with Crippen molar-refractivity contribution in [1.82, 2.24) is 9.97 Å². The maximum Gasteiger partial charge on any atom is 0.317 e. The first kappa shape index (κ1) is 12.0. The van der Waals surface area contributed by atoms with Gasteiger partial charge in [-0.05, 0) is 18.6 Å². The normalized spacial score (nSPS) is 10.3. The molecule has 0 bridgehead atoms. The van der Waals surface area contributed by atoms with Gasteiger partial charge in [-0.25, -0.2) is 9.97 Å². The molecule has 0 fully saturated rings. The largest absolute Gasteiger partial charge is 0.462 e. The second-order valence-electron chi connectivity index (χ2n) is 3.59. The van der Waals surface area contributed by atoms with Gasteiger partial charge in [0.05, 0.1) is 11.2 Å². The van der Waals surface area contributed by atoms with Gasteiger partial charge in [-0.3, -0.25) is 10.1 Å². The molecule has 0 saturated heterocycles. The van der Waals surface area contributed by atoms with Crippen LogP contribution >= 0.6 is 0 Å². The lowest BCUT2D eigenvalue weighted by atomic mass is 10.3. The fraction of sp³-hybridized carbons (Fsp3) is 0.273. The number of furan rings is 1. The Bertz CT molecular complexity index is 539. The summed E-state index contributed by atoms with van der Waals surface area (Å²) in [5.41, 5.74) is 0.00519. The van der Waals surface area contributed by atoms with Crippen molar-refractivity contribution >= 4 is 11.6 Å². The molecule has 0 aromatic carbocycles. The van der Waals surface area contributed by atoms with E-state index < -0.39 is 4.92 Å². The smallest absolute Gasteiger partial charge is 0.317 e. The van der Waals surface area contributed by atoms with E-state index in [4.69, 9.17) is 4.42 Å². The van der Waals surface area contributed by atoms with Gasteiger partial charge in [-0.2, -0.15) is 0 Å². The fourth-order valence-corrected chi connectivity index (χ4v) is 1.43. The van der Waals surface area contributed by atoms with E-state index in [2.05, 4.69) is 15.3 Å². The van der Waals surface area contributed by atoms with E-state index in [9.17, 15) is 10.1 Å². The first-order valence-corrected chi connectivity index (χ1v) is 5.51. The van der Waals surface area contributed by atoms with Crippen LogP contribution in [0, 0.1) is 10.1 Å². The number of anilines is 1. The van der Waals surface area contributed by atoms with Crippen LogP contribution in [0.25, 0.3) is 11.5 Å². The summed E-state index contributed by atoms with van der Waals surface area (Å²) in [6.07, 6.45) is 3.54. The first-order chi connectivity index (χ1) is 8.72. The molecule has 2 aromatic rings. The second kappa shape index (κ2) is 5.26. The Kier molecular flexibility index (Phi) is 3.52. The van der Waals surface area contributed by atoms with Crippen molar-refractivity contribution in [3.63, 3.8) is 0 Å². The summed E-state index contributed by atoms with van der Waals surface area (Å²) >= 11 is 0. The van der Waals surface area contributed by atoms with Crippen molar-refractivity contribution in [2.45, 2.75) is 13.3 Å². The molecule has 94 valence electrons. The second-order valence-corrected chi connectivity index (χ2v) is 3.59. The van der Waals surface area contributed by atoms with Crippen molar-refractivity contribution in [2.75, 3.05) is 11.9 Å². The van der Waals surface area contributed by atoms with Gasteiger partial charge in [0.25, 0.3) is 0 Å². The zero-order valence-electron chi connectivity index (χ0n) is 9.79. The molecular weight excluding hydrogens is 236 g/mol. The molecule has 0 amide bonds. The molecule has 0 unspecified atom stereocenters. The lowest BCUT2D eigenvalue weighted by Crippen LogP contribution is -2.06. The number of hydrogen-bond acceptors (Lipinski definition) is 6. The third-order valence-corrected chi connectivity index (χ3v) is 2.25. The van der Waals surface area contributed by atoms with Gasteiger partial charge in [0.15, 0.2) is 11.5 Å². The molecule has 7 nitrogen and oxygen atoms in total. The maximum absolute atomic E-state index is 10.9. The zero-order valence-corrected chi connectivity index (χ0v) is 9.79. The minimum atomic E-state index is -0.526. The summed E-state index contributed by atoms with van der Waals surface area (Å²) < 4.78 is 5.15. The lowest BCUT2D eigenvalue weighted by Gasteiger charge is -2.04. The number of aromatic nitrogens is 2. The Balaban J connectivity index is 2.42. The molecule has 0 aliphatic carbocycles. The van der Waals surface area contributed by atoms with Gasteiger partial charge in [-0.15, -0.1) is 0 Å². The highest BCUT2D eigenvalue weighted by Gasteiger charge is 2.20. The fourth-order valence-electron chi connectivity index (χ4n) is 1.43. The summed E-state index contributed by atoms with van der Waals surface area (Å²) in [5.74, 6) is 0.706. The van der Waals surface area contributed by atoms with Crippen molar-refractivity contribution in [3.8, 4) is 11.5 Å². The van der Waals surface area contributed by atoms with Crippen LogP contribution in [0.1, 0.15) is 13.3 Å². The predicted octanol–water partition coefficient (Wildman–Crippen LogP) is 2.47. The Morgan fingerprint density at radius 3 is 3.00 bits per heavy atom. The van der Waals surface area contributed by atoms with E-state index in [1.165, 1.54) is 12.5 Å². The van der Waals surface area contributed by atoms with Crippen LogP contribution < -0.4 is 5.32 Å². The van der Waals surface area contributed by atoms with E-state index in [0.29, 0.717) is 18.3 Å². The molecule has 0 atom stereocenters. The lowest BCUT2D eigenvalue weighted by molar-refractivity contribution is -0.384. The zero-order chi connectivity index (χ0) is 13.0. The highest BCUT2D eigenvalue weighted by Crippen LogP contribution is 2.28. The molecule has 0 spiro atoms. The Labute approximate surface area is 103 Å². The van der Waals surface area contributed by atoms with E-state index in [0.717, 1.165) is 6.42 Å². The van der Waals surface area contributed by atoms with Crippen LogP contribution in [0.15, 0.2) is 29.0 Å². The number of nitro groups is 1. The molecule has 0 saturated carbocycles. The Hall–Kier alpha value is -2.44. The Morgan fingerprint density at radius 2 is 2.39 bits per heavy atom. The molecule has 0 aliphatic heterocycles. The topological polar surface area (TPSA) is 94.1 Å². The van der Waals surface area contributed by atoms with Crippen LogP contribution in [-0.4, -0.2) is 21.4 Å². The highest BCUT2D eigenvalue weighted by molar-refractivity contribution is 5.65. The van der Waals surface area contributed by atoms with Gasteiger partial charge in [0.1, 0.15) is 6.20 Å². The van der Waals surface area contributed by atoms with Crippen LogP contribution in [0.3, 0.4) is 0 Å². The van der Waals surface area contributed by atoms with E-state index >= 15 is 0 Å². The SMILES string of the molecule is CCCNc1ncc([N+](=O)[O-])c(-c2ccco2)n1. The molecule has 2 heterocycles. The molecule has 1 N–H and O–H groups in total. The van der Waals surface area contributed by atoms with Crippen LogP contribution in [0.2, 0.25) is 0 Å². The summed E-state index contributed by atoms with van der Waals surface area (Å²) in [4.78, 5) is 18.4.